The van der Waals surface area contributed by atoms with E-state index in [1.807, 2.05) is 0 Å². The maximum atomic E-state index is 12.9. The Morgan fingerprint density at radius 2 is 0.360 bits per heavy atom. The van der Waals surface area contributed by atoms with Gasteiger partial charge in [-0.1, -0.05) is 367 Å². The van der Waals surface area contributed by atoms with Crippen LogP contribution in [0.3, 0.4) is 0 Å². The van der Waals surface area contributed by atoms with E-state index in [-0.39, 0.29) is 31.1 Å². The topological polar surface area (TPSA) is 78.9 Å². The Kier molecular flexibility index (Phi) is 63.6. The van der Waals surface area contributed by atoms with Gasteiger partial charge in [0.25, 0.3) is 0 Å². The van der Waals surface area contributed by atoms with Gasteiger partial charge >= 0.3 is 17.9 Å². The molecule has 1 atom stereocenters. The van der Waals surface area contributed by atoms with Crippen LogP contribution in [0.4, 0.5) is 0 Å². The second kappa shape index (κ2) is 64.9. The third-order valence-corrected chi connectivity index (χ3v) is 16.1. The summed E-state index contributed by atoms with van der Waals surface area (Å²) in [5.74, 6) is -0.828. The van der Waals surface area contributed by atoms with Crippen LogP contribution < -0.4 is 0 Å². The number of rotatable bonds is 65. The van der Waals surface area contributed by atoms with Crippen molar-refractivity contribution >= 4 is 17.9 Å². The molecule has 0 aromatic rings. The van der Waals surface area contributed by atoms with Crippen LogP contribution in [0.25, 0.3) is 0 Å². The van der Waals surface area contributed by atoms with Crippen LogP contribution in [0, 0.1) is 0 Å². The summed E-state index contributed by atoms with van der Waals surface area (Å²) in [6.07, 6.45) is 75.8. The molecule has 0 saturated heterocycles. The lowest BCUT2D eigenvalue weighted by Gasteiger charge is -2.18. The first-order chi connectivity index (χ1) is 37.0. The number of hydrogen-bond donors (Lipinski definition) is 0. The van der Waals surface area contributed by atoms with E-state index in [4.69, 9.17) is 14.2 Å². The van der Waals surface area contributed by atoms with Gasteiger partial charge in [0.15, 0.2) is 6.10 Å². The average molecular weight is 1060 g/mol. The molecule has 0 aliphatic carbocycles. The van der Waals surface area contributed by atoms with Gasteiger partial charge in [0.2, 0.25) is 0 Å². The zero-order valence-electron chi connectivity index (χ0n) is 51.4. The van der Waals surface area contributed by atoms with Crippen LogP contribution in [0.2, 0.25) is 0 Å². The highest BCUT2D eigenvalue weighted by atomic mass is 16.6. The van der Waals surface area contributed by atoms with Crippen LogP contribution in [0.1, 0.15) is 406 Å². The van der Waals surface area contributed by atoms with Gasteiger partial charge in [0.05, 0.1) is 0 Å². The standard InChI is InChI=1S/C69H134O6/c1-4-7-10-13-16-19-22-24-26-28-29-30-31-32-33-34-35-36-37-38-39-40-41-42-44-45-47-50-53-56-59-62-68(71)74-65-66(64-73-67(70)61-58-55-52-49-21-18-15-12-9-6-3)75-69(72)63-60-57-54-51-48-46-43-27-25-23-20-17-14-11-8-5-2/h66H,4-65H2,1-3H3. The Morgan fingerprint density at radius 3 is 0.533 bits per heavy atom. The first-order valence-electron chi connectivity index (χ1n) is 34.5. The summed E-state index contributed by atoms with van der Waals surface area (Å²) in [6, 6.07) is 0. The molecule has 0 N–H and O–H groups in total. The highest BCUT2D eigenvalue weighted by Gasteiger charge is 2.19. The van der Waals surface area contributed by atoms with Crippen LogP contribution in [-0.4, -0.2) is 37.2 Å². The molecule has 1 unspecified atom stereocenters. The van der Waals surface area contributed by atoms with E-state index in [0.717, 1.165) is 57.8 Å². The summed E-state index contributed by atoms with van der Waals surface area (Å²) >= 11 is 0. The molecule has 6 heteroatoms. The first-order valence-corrected chi connectivity index (χ1v) is 34.5. The zero-order valence-corrected chi connectivity index (χ0v) is 51.4. The normalized spacial score (nSPS) is 11.9. The maximum absolute atomic E-state index is 12.9. The van der Waals surface area contributed by atoms with E-state index in [2.05, 4.69) is 20.8 Å². The van der Waals surface area contributed by atoms with E-state index in [0.29, 0.717) is 19.3 Å². The SMILES string of the molecule is CCCCCCCCCCCCCCCCCCCCCCCCCCCCCCCCCC(=O)OCC(COC(=O)CCCCCCCCCCCC)OC(=O)CCCCCCCCCCCCCCCCCC. The fraction of sp³-hybridized carbons (Fsp3) is 0.957. The Labute approximate surface area is 469 Å². The van der Waals surface area contributed by atoms with Crippen molar-refractivity contribution in [3.63, 3.8) is 0 Å². The molecular formula is C69H134O6. The molecule has 0 bridgehead atoms. The summed E-state index contributed by atoms with van der Waals surface area (Å²) in [6.45, 7) is 6.71. The lowest BCUT2D eigenvalue weighted by Crippen LogP contribution is -2.30. The number of carbonyl (C=O) groups is 3. The largest absolute Gasteiger partial charge is 0.462 e. The zero-order chi connectivity index (χ0) is 54.3. The van der Waals surface area contributed by atoms with E-state index in [1.165, 1.54) is 308 Å². The number of carbonyl (C=O) groups excluding carboxylic acids is 3. The molecule has 75 heavy (non-hydrogen) atoms. The Hall–Kier alpha value is -1.59. The third kappa shape index (κ3) is 63.1. The minimum absolute atomic E-state index is 0.0608. The van der Waals surface area contributed by atoms with Gasteiger partial charge in [-0.15, -0.1) is 0 Å². The highest BCUT2D eigenvalue weighted by Crippen LogP contribution is 2.19. The Balaban J connectivity index is 4.02. The minimum Gasteiger partial charge on any atom is -0.462 e. The van der Waals surface area contributed by atoms with Crippen molar-refractivity contribution in [2.75, 3.05) is 13.2 Å². The summed E-state index contributed by atoms with van der Waals surface area (Å²) in [7, 11) is 0. The van der Waals surface area contributed by atoms with Gasteiger partial charge in [-0.3, -0.25) is 14.4 Å². The van der Waals surface area contributed by atoms with E-state index >= 15 is 0 Å². The predicted octanol–water partition coefficient (Wildman–Crippen LogP) is 23.5. The van der Waals surface area contributed by atoms with Crippen molar-refractivity contribution < 1.29 is 28.6 Å². The van der Waals surface area contributed by atoms with Crippen molar-refractivity contribution in [3.05, 3.63) is 0 Å². The van der Waals surface area contributed by atoms with Crippen LogP contribution in [0.15, 0.2) is 0 Å². The van der Waals surface area contributed by atoms with Gasteiger partial charge in [0.1, 0.15) is 13.2 Å². The lowest BCUT2D eigenvalue weighted by molar-refractivity contribution is -0.167. The lowest BCUT2D eigenvalue weighted by atomic mass is 10.0. The van der Waals surface area contributed by atoms with Gasteiger partial charge in [-0.25, -0.2) is 0 Å². The van der Waals surface area contributed by atoms with Gasteiger partial charge in [-0.05, 0) is 19.3 Å². The quantitative estimate of drug-likeness (QED) is 0.0343. The number of ether oxygens (including phenoxy) is 3. The molecule has 0 aromatic carbocycles. The number of esters is 3. The molecule has 0 spiro atoms. The summed E-state index contributed by atoms with van der Waals surface area (Å²) < 4.78 is 16.9. The fourth-order valence-corrected chi connectivity index (χ4v) is 10.9. The smallest absolute Gasteiger partial charge is 0.306 e. The van der Waals surface area contributed by atoms with Crippen molar-refractivity contribution in [2.24, 2.45) is 0 Å². The second-order valence-electron chi connectivity index (χ2n) is 23.8. The molecule has 0 aliphatic rings. The molecule has 0 saturated carbocycles. The molecule has 0 heterocycles. The van der Waals surface area contributed by atoms with Gasteiger partial charge < -0.3 is 14.2 Å². The second-order valence-corrected chi connectivity index (χ2v) is 23.8. The number of hydrogen-bond acceptors (Lipinski definition) is 6. The van der Waals surface area contributed by atoms with Crippen molar-refractivity contribution in [1.82, 2.24) is 0 Å². The Morgan fingerprint density at radius 1 is 0.213 bits per heavy atom. The summed E-state index contributed by atoms with van der Waals surface area (Å²) in [4.78, 5) is 38.2. The molecule has 6 nitrogen and oxygen atoms in total. The average Bonchev–Trinajstić information content (AvgIpc) is 3.41. The predicted molar refractivity (Wildman–Crippen MR) is 326 cm³/mol. The molecule has 446 valence electrons. The molecule has 0 rings (SSSR count). The molecule has 0 radical (unpaired) electrons. The summed E-state index contributed by atoms with van der Waals surface area (Å²) in [5, 5.41) is 0. The molecule has 0 aliphatic heterocycles. The van der Waals surface area contributed by atoms with Gasteiger partial charge in [-0.2, -0.15) is 0 Å². The number of unbranched alkanes of at least 4 members (excludes halogenated alkanes) is 54. The Bertz CT molecular complexity index is 1120. The monoisotopic (exact) mass is 1060 g/mol. The van der Waals surface area contributed by atoms with Crippen molar-refractivity contribution in [2.45, 2.75) is 412 Å². The maximum Gasteiger partial charge on any atom is 0.306 e. The van der Waals surface area contributed by atoms with Gasteiger partial charge in [0, 0.05) is 19.3 Å². The summed E-state index contributed by atoms with van der Waals surface area (Å²) in [5.41, 5.74) is 0. The minimum atomic E-state index is -0.762. The van der Waals surface area contributed by atoms with Crippen molar-refractivity contribution in [1.29, 1.82) is 0 Å². The molecular weight excluding hydrogens is 925 g/mol. The molecule has 0 amide bonds. The van der Waals surface area contributed by atoms with Crippen LogP contribution >= 0.6 is 0 Å². The van der Waals surface area contributed by atoms with Crippen LogP contribution in [0.5, 0.6) is 0 Å². The van der Waals surface area contributed by atoms with Crippen LogP contribution in [-0.2, 0) is 28.6 Å². The third-order valence-electron chi connectivity index (χ3n) is 16.1. The molecule has 0 fully saturated rings. The van der Waals surface area contributed by atoms with E-state index in [1.54, 1.807) is 0 Å². The van der Waals surface area contributed by atoms with E-state index in [9.17, 15) is 14.4 Å². The first kappa shape index (κ1) is 73.4. The highest BCUT2D eigenvalue weighted by molar-refractivity contribution is 5.71. The molecule has 0 aromatic heterocycles. The fourth-order valence-electron chi connectivity index (χ4n) is 10.9. The van der Waals surface area contributed by atoms with E-state index < -0.39 is 6.10 Å². The van der Waals surface area contributed by atoms with Crippen molar-refractivity contribution in [3.8, 4) is 0 Å².